The molecule has 5 rings (SSSR count). The molecule has 3 heterocycles. The van der Waals surface area contributed by atoms with Crippen LogP contribution in [0.15, 0.2) is 46.6 Å². The molecule has 14 heteroatoms. The van der Waals surface area contributed by atoms with E-state index < -0.39 is 29.4 Å². The van der Waals surface area contributed by atoms with Crippen molar-refractivity contribution < 1.29 is 31.8 Å². The van der Waals surface area contributed by atoms with Crippen molar-refractivity contribution in [2.75, 3.05) is 37.6 Å². The van der Waals surface area contributed by atoms with Crippen LogP contribution in [0.1, 0.15) is 19.4 Å². The summed E-state index contributed by atoms with van der Waals surface area (Å²) in [6.07, 6.45) is -4.19. The molecule has 43 heavy (non-hydrogen) atoms. The summed E-state index contributed by atoms with van der Waals surface area (Å²) in [5, 5.41) is -0.206. The number of ether oxygens (including phenoxy) is 2. The lowest BCUT2D eigenvalue weighted by molar-refractivity contribution is -0.137. The maximum absolute atomic E-state index is 14.9. The molecule has 3 aromatic rings. The number of methoxy groups -OCH3 is 1. The van der Waals surface area contributed by atoms with Gasteiger partial charge in [-0.2, -0.15) is 18.2 Å². The van der Waals surface area contributed by atoms with E-state index in [2.05, 4.69) is 11.6 Å². The molecule has 0 N–H and O–H groups in total. The first-order valence-corrected chi connectivity index (χ1v) is 14.8. The number of hydrogen-bond donors (Lipinski definition) is 0. The monoisotopic (exact) mass is 640 g/mol. The SMILES string of the molecule is C=CC(=O)N1[C@H](C)CN(c2nc(=O)n3c4c(c(-c5ccc(F)c(Cl)c5)c(C(F)(F)F)cc24)SC[C@H](OCOC)C3)C[C@@H]1C. The molecule has 0 saturated carbocycles. The lowest BCUT2D eigenvalue weighted by atomic mass is 9.96. The van der Waals surface area contributed by atoms with Gasteiger partial charge in [-0.25, -0.2) is 9.18 Å². The molecule has 0 unspecified atom stereocenters. The largest absolute Gasteiger partial charge is 0.417 e. The third-order valence-electron chi connectivity index (χ3n) is 7.58. The number of aromatic nitrogens is 2. The highest BCUT2D eigenvalue weighted by molar-refractivity contribution is 7.99. The van der Waals surface area contributed by atoms with Gasteiger partial charge in [0.1, 0.15) is 18.4 Å². The van der Waals surface area contributed by atoms with E-state index in [1.165, 1.54) is 23.8 Å². The summed E-state index contributed by atoms with van der Waals surface area (Å²) < 4.78 is 70.8. The number of carbonyl (C=O) groups excluding carboxylic acids is 1. The number of piperazine rings is 1. The summed E-state index contributed by atoms with van der Waals surface area (Å²) in [7, 11) is 1.44. The van der Waals surface area contributed by atoms with Gasteiger partial charge >= 0.3 is 11.9 Å². The molecular formula is C29H29ClF4N4O4S. The molecule has 0 radical (unpaired) electrons. The van der Waals surface area contributed by atoms with Crippen molar-refractivity contribution in [1.29, 1.82) is 0 Å². The van der Waals surface area contributed by atoms with Gasteiger partial charge in [-0.3, -0.25) is 9.36 Å². The van der Waals surface area contributed by atoms with Gasteiger partial charge in [0.05, 0.1) is 28.8 Å². The fourth-order valence-electron chi connectivity index (χ4n) is 5.84. The minimum Gasteiger partial charge on any atom is -0.359 e. The molecule has 1 aromatic heterocycles. The van der Waals surface area contributed by atoms with E-state index >= 15 is 0 Å². The molecule has 8 nitrogen and oxygen atoms in total. The second-order valence-corrected chi connectivity index (χ2v) is 12.0. The zero-order valence-corrected chi connectivity index (χ0v) is 25.2. The van der Waals surface area contributed by atoms with Crippen LogP contribution in [0.2, 0.25) is 5.02 Å². The number of amides is 1. The summed E-state index contributed by atoms with van der Waals surface area (Å²) in [4.78, 5) is 34.0. The molecule has 2 aromatic carbocycles. The normalized spacial score (nSPS) is 20.8. The van der Waals surface area contributed by atoms with E-state index in [4.69, 9.17) is 21.1 Å². The fourth-order valence-corrected chi connectivity index (χ4v) is 7.30. The molecule has 230 valence electrons. The van der Waals surface area contributed by atoms with E-state index in [-0.39, 0.29) is 87.9 Å². The Kier molecular flexibility index (Phi) is 8.81. The number of rotatable bonds is 6. The van der Waals surface area contributed by atoms with Crippen molar-refractivity contribution in [3.63, 3.8) is 0 Å². The van der Waals surface area contributed by atoms with Crippen molar-refractivity contribution in [1.82, 2.24) is 14.5 Å². The molecule has 2 aliphatic heterocycles. The van der Waals surface area contributed by atoms with Crippen LogP contribution in [0, 0.1) is 5.82 Å². The van der Waals surface area contributed by atoms with E-state index in [1.807, 2.05) is 13.8 Å². The van der Waals surface area contributed by atoms with Crippen LogP contribution in [0.25, 0.3) is 22.0 Å². The Labute approximate surface area is 254 Å². The van der Waals surface area contributed by atoms with E-state index in [0.717, 1.165) is 30.0 Å². The Morgan fingerprint density at radius 3 is 2.51 bits per heavy atom. The van der Waals surface area contributed by atoms with Crippen LogP contribution in [0.4, 0.5) is 23.4 Å². The summed E-state index contributed by atoms with van der Waals surface area (Å²) in [5.74, 6) is -0.740. The van der Waals surface area contributed by atoms with Gasteiger partial charge in [-0.05, 0) is 43.7 Å². The molecule has 2 aliphatic rings. The average molecular weight is 641 g/mol. The number of benzene rings is 2. The zero-order chi connectivity index (χ0) is 31.2. The third-order valence-corrected chi connectivity index (χ3v) is 9.10. The molecule has 0 spiro atoms. The number of carbonyl (C=O) groups is 1. The van der Waals surface area contributed by atoms with Gasteiger partial charge in [-0.15, -0.1) is 11.8 Å². The number of hydrogen-bond acceptors (Lipinski definition) is 7. The maximum atomic E-state index is 14.9. The van der Waals surface area contributed by atoms with Crippen molar-refractivity contribution in [3.8, 4) is 11.1 Å². The number of alkyl halides is 3. The number of nitrogens with zero attached hydrogens (tertiary/aromatic N) is 4. The minimum atomic E-state index is -4.83. The molecular weight excluding hydrogens is 612 g/mol. The lowest BCUT2D eigenvalue weighted by Crippen LogP contribution is -2.58. The Bertz CT molecular complexity index is 1640. The Balaban J connectivity index is 1.80. The predicted octanol–water partition coefficient (Wildman–Crippen LogP) is 5.58. The second kappa shape index (κ2) is 12.1. The number of thioether (sulfide) groups is 1. The highest BCUT2D eigenvalue weighted by Gasteiger charge is 2.40. The van der Waals surface area contributed by atoms with Gasteiger partial charge < -0.3 is 19.3 Å². The average Bonchev–Trinajstić information content (AvgIpc) is 3.14. The molecule has 3 atom stereocenters. The highest BCUT2D eigenvalue weighted by Crippen LogP contribution is 2.48. The van der Waals surface area contributed by atoms with Crippen LogP contribution in [0.3, 0.4) is 0 Å². The summed E-state index contributed by atoms with van der Waals surface area (Å²) in [6.45, 7) is 7.60. The summed E-state index contributed by atoms with van der Waals surface area (Å²) in [5.41, 5.74) is -1.54. The molecule has 0 bridgehead atoms. The van der Waals surface area contributed by atoms with Gasteiger partial charge in [0.2, 0.25) is 5.91 Å². The highest BCUT2D eigenvalue weighted by atomic mass is 35.5. The van der Waals surface area contributed by atoms with E-state index in [0.29, 0.717) is 0 Å². The van der Waals surface area contributed by atoms with Gasteiger partial charge in [0.25, 0.3) is 0 Å². The van der Waals surface area contributed by atoms with Crippen LogP contribution in [-0.2, 0) is 27.0 Å². The van der Waals surface area contributed by atoms with Gasteiger partial charge in [0.15, 0.2) is 0 Å². The van der Waals surface area contributed by atoms with Crippen molar-refractivity contribution in [2.45, 2.75) is 49.7 Å². The van der Waals surface area contributed by atoms with Crippen LogP contribution in [0.5, 0.6) is 0 Å². The predicted molar refractivity (Wildman–Crippen MR) is 157 cm³/mol. The van der Waals surface area contributed by atoms with Crippen LogP contribution >= 0.6 is 23.4 Å². The van der Waals surface area contributed by atoms with Crippen LogP contribution < -0.4 is 10.6 Å². The minimum absolute atomic E-state index is 0.0232. The first-order chi connectivity index (χ1) is 20.3. The van der Waals surface area contributed by atoms with E-state index in [1.54, 1.807) is 9.80 Å². The second-order valence-electron chi connectivity index (χ2n) is 10.5. The van der Waals surface area contributed by atoms with Crippen molar-refractivity contribution >= 4 is 46.0 Å². The van der Waals surface area contributed by atoms with Crippen molar-refractivity contribution in [3.05, 3.63) is 63.8 Å². The zero-order valence-electron chi connectivity index (χ0n) is 23.6. The molecule has 0 aliphatic carbocycles. The molecule has 1 amide bonds. The number of anilines is 1. The Morgan fingerprint density at radius 2 is 1.91 bits per heavy atom. The first-order valence-electron chi connectivity index (χ1n) is 13.4. The molecule has 1 saturated heterocycles. The third kappa shape index (κ3) is 5.87. The van der Waals surface area contributed by atoms with Crippen LogP contribution in [-0.4, -0.2) is 71.3 Å². The Morgan fingerprint density at radius 1 is 1.21 bits per heavy atom. The summed E-state index contributed by atoms with van der Waals surface area (Å²) in [6, 6.07) is 3.72. The lowest BCUT2D eigenvalue weighted by Gasteiger charge is -2.44. The Hall–Kier alpha value is -3.13. The van der Waals surface area contributed by atoms with Gasteiger partial charge in [-0.1, -0.05) is 24.2 Å². The standard InChI is InChI=1S/C29H29ClF4N4O4S/c1-5-23(39)38-15(2)10-36(11-16(38)3)27-19-9-20(29(32,33)34)24(17-6-7-22(31)21(30)8-17)26-25(19)37(28(40)35-27)12-18(13-43-26)42-14-41-4/h5-9,15-16,18H,1,10-14H2,2-4H3/t15-,16+,18-/m1/s1. The smallest absolute Gasteiger partial charge is 0.359 e. The summed E-state index contributed by atoms with van der Waals surface area (Å²) >= 11 is 7.13. The van der Waals surface area contributed by atoms with Gasteiger partial charge in [0, 0.05) is 53.9 Å². The topological polar surface area (TPSA) is 76.9 Å². The first kappa shape index (κ1) is 31.3. The number of halogens is 5. The van der Waals surface area contributed by atoms with E-state index in [9.17, 15) is 27.2 Å². The van der Waals surface area contributed by atoms with Crippen molar-refractivity contribution in [2.24, 2.45) is 0 Å². The quantitative estimate of drug-likeness (QED) is 0.198. The fraction of sp³-hybridized carbons (Fsp3) is 0.414. The maximum Gasteiger partial charge on any atom is 0.417 e. The molecule has 1 fully saturated rings.